The fourth-order valence-electron chi connectivity index (χ4n) is 1.63. The Morgan fingerprint density at radius 2 is 1.94 bits per heavy atom. The number of hydrogen-bond donors (Lipinski definition) is 1. The second kappa shape index (κ2) is 6.28. The summed E-state index contributed by atoms with van der Waals surface area (Å²) in [7, 11) is 0. The quantitative estimate of drug-likeness (QED) is 0.645. The maximum absolute atomic E-state index is 11.7. The van der Waals surface area contributed by atoms with Crippen molar-refractivity contribution in [3.05, 3.63) is 23.3 Å². The minimum absolute atomic E-state index is 0.325. The third-order valence-corrected chi connectivity index (χ3v) is 2.75. The molecule has 0 radical (unpaired) electrons. The largest absolute Gasteiger partial charge is 0.478 e. The molecule has 0 saturated heterocycles. The molecule has 1 aromatic carbocycles. The predicted octanol–water partition coefficient (Wildman–Crippen LogP) is 2.61. The zero-order valence-electron chi connectivity index (χ0n) is 11.4. The molecule has 100 valence electrons. The van der Waals surface area contributed by atoms with Crippen LogP contribution in [0.1, 0.15) is 31.4 Å². The summed E-state index contributed by atoms with van der Waals surface area (Å²) in [6, 6.07) is 3.70. The molecule has 0 aliphatic heterocycles. The number of anilines is 1. The molecule has 4 nitrogen and oxygen atoms in total. The zero-order chi connectivity index (χ0) is 13.7. The van der Waals surface area contributed by atoms with Gasteiger partial charge in [-0.1, -0.05) is 6.92 Å². The van der Waals surface area contributed by atoms with E-state index in [2.05, 4.69) is 0 Å². The molecule has 1 aromatic rings. The van der Waals surface area contributed by atoms with Gasteiger partial charge in [-0.15, -0.1) is 0 Å². The van der Waals surface area contributed by atoms with Gasteiger partial charge in [-0.3, -0.25) is 0 Å². The van der Waals surface area contributed by atoms with Crippen molar-refractivity contribution < 1.29 is 14.3 Å². The number of rotatable bonds is 5. The predicted molar refractivity (Wildman–Crippen MR) is 71.7 cm³/mol. The number of carbonyl (C=O) groups excluding carboxylic acids is 1. The molecule has 0 fully saturated rings. The molecule has 1 rings (SSSR count). The highest BCUT2D eigenvalue weighted by Gasteiger charge is 2.20. The van der Waals surface area contributed by atoms with Gasteiger partial charge < -0.3 is 15.2 Å². The third-order valence-electron chi connectivity index (χ3n) is 2.75. The minimum atomic E-state index is -0.563. The van der Waals surface area contributed by atoms with Gasteiger partial charge in [0, 0.05) is 5.69 Å². The Bertz CT molecular complexity index is 429. The molecule has 18 heavy (non-hydrogen) atoms. The van der Waals surface area contributed by atoms with Crippen LogP contribution in [0.3, 0.4) is 0 Å². The summed E-state index contributed by atoms with van der Waals surface area (Å²) in [5, 5.41) is 0. The van der Waals surface area contributed by atoms with Crippen molar-refractivity contribution >= 4 is 11.7 Å². The molecule has 0 aliphatic rings. The standard InChI is InChI=1S/C14H21NO3/c1-5-12(14(16)17-6-2)18-13-8-9(3)11(15)7-10(13)4/h7-8,12H,5-6,15H2,1-4H3. The lowest BCUT2D eigenvalue weighted by Gasteiger charge is -2.18. The van der Waals surface area contributed by atoms with Crippen LogP contribution in [0.4, 0.5) is 5.69 Å². The normalized spacial score (nSPS) is 12.0. The summed E-state index contributed by atoms with van der Waals surface area (Å²) in [6.45, 7) is 7.85. The maximum atomic E-state index is 11.7. The fraction of sp³-hybridized carbons (Fsp3) is 0.500. The van der Waals surface area contributed by atoms with Crippen LogP contribution >= 0.6 is 0 Å². The molecule has 0 saturated carbocycles. The molecule has 0 spiro atoms. The van der Waals surface area contributed by atoms with Crippen LogP contribution in [0, 0.1) is 13.8 Å². The van der Waals surface area contributed by atoms with E-state index < -0.39 is 6.10 Å². The van der Waals surface area contributed by atoms with E-state index in [4.69, 9.17) is 15.2 Å². The van der Waals surface area contributed by atoms with E-state index in [1.807, 2.05) is 32.9 Å². The average Bonchev–Trinajstić information content (AvgIpc) is 2.32. The summed E-state index contributed by atoms with van der Waals surface area (Å²) in [5.41, 5.74) is 8.40. The van der Waals surface area contributed by atoms with Gasteiger partial charge in [0.2, 0.25) is 0 Å². The van der Waals surface area contributed by atoms with Crippen molar-refractivity contribution in [1.82, 2.24) is 0 Å². The van der Waals surface area contributed by atoms with E-state index in [-0.39, 0.29) is 5.97 Å². The summed E-state index contributed by atoms with van der Waals surface area (Å²) in [6.07, 6.45) is 0.00786. The number of nitrogens with two attached hydrogens (primary N) is 1. The van der Waals surface area contributed by atoms with Crippen LogP contribution in [0.15, 0.2) is 12.1 Å². The zero-order valence-corrected chi connectivity index (χ0v) is 11.4. The molecular weight excluding hydrogens is 230 g/mol. The second-order valence-corrected chi connectivity index (χ2v) is 4.24. The Hall–Kier alpha value is -1.71. The molecule has 1 atom stereocenters. The van der Waals surface area contributed by atoms with Gasteiger partial charge in [-0.2, -0.15) is 0 Å². The minimum Gasteiger partial charge on any atom is -0.478 e. The van der Waals surface area contributed by atoms with Crippen molar-refractivity contribution in [2.75, 3.05) is 12.3 Å². The van der Waals surface area contributed by atoms with Crippen molar-refractivity contribution in [2.45, 2.75) is 40.2 Å². The summed E-state index contributed by atoms with van der Waals surface area (Å²) >= 11 is 0. The van der Waals surface area contributed by atoms with E-state index in [1.54, 1.807) is 6.92 Å². The highest BCUT2D eigenvalue weighted by Crippen LogP contribution is 2.25. The summed E-state index contributed by atoms with van der Waals surface area (Å²) < 4.78 is 10.7. The Labute approximate surface area is 108 Å². The molecule has 2 N–H and O–H groups in total. The molecule has 0 heterocycles. The van der Waals surface area contributed by atoms with Gasteiger partial charge in [0.25, 0.3) is 0 Å². The molecule has 1 unspecified atom stereocenters. The van der Waals surface area contributed by atoms with Gasteiger partial charge in [-0.05, 0) is 50.5 Å². The molecule has 0 aromatic heterocycles. The maximum Gasteiger partial charge on any atom is 0.347 e. The highest BCUT2D eigenvalue weighted by molar-refractivity contribution is 5.75. The molecular formula is C14H21NO3. The Kier molecular flexibility index (Phi) is 5.01. The lowest BCUT2D eigenvalue weighted by molar-refractivity contribution is -0.151. The first-order chi connectivity index (χ1) is 8.49. The molecule has 4 heteroatoms. The van der Waals surface area contributed by atoms with Crippen LogP contribution < -0.4 is 10.5 Å². The number of carbonyl (C=O) groups is 1. The average molecular weight is 251 g/mol. The first-order valence-electron chi connectivity index (χ1n) is 6.19. The number of esters is 1. The lowest BCUT2D eigenvalue weighted by atomic mass is 10.1. The van der Waals surface area contributed by atoms with E-state index >= 15 is 0 Å². The number of aryl methyl sites for hydroxylation is 2. The third kappa shape index (κ3) is 3.39. The number of nitrogen functional groups attached to an aromatic ring is 1. The highest BCUT2D eigenvalue weighted by atomic mass is 16.6. The number of benzene rings is 1. The van der Waals surface area contributed by atoms with E-state index in [1.165, 1.54) is 0 Å². The Morgan fingerprint density at radius 3 is 2.50 bits per heavy atom. The van der Waals surface area contributed by atoms with Crippen molar-refractivity contribution in [3.8, 4) is 5.75 Å². The second-order valence-electron chi connectivity index (χ2n) is 4.24. The first-order valence-corrected chi connectivity index (χ1v) is 6.19. The van der Waals surface area contributed by atoms with E-state index in [0.717, 1.165) is 16.8 Å². The van der Waals surface area contributed by atoms with Crippen molar-refractivity contribution in [3.63, 3.8) is 0 Å². The van der Waals surface area contributed by atoms with Gasteiger partial charge in [0.1, 0.15) is 5.75 Å². The Morgan fingerprint density at radius 1 is 1.28 bits per heavy atom. The Balaban J connectivity index is 2.88. The van der Waals surface area contributed by atoms with E-state index in [9.17, 15) is 4.79 Å². The summed E-state index contributed by atoms with van der Waals surface area (Å²) in [4.78, 5) is 11.7. The monoisotopic (exact) mass is 251 g/mol. The topological polar surface area (TPSA) is 61.5 Å². The number of hydrogen-bond acceptors (Lipinski definition) is 4. The molecule has 0 aliphatic carbocycles. The van der Waals surface area contributed by atoms with Crippen molar-refractivity contribution in [1.29, 1.82) is 0 Å². The first kappa shape index (κ1) is 14.4. The van der Waals surface area contributed by atoms with Crippen molar-refractivity contribution in [2.24, 2.45) is 0 Å². The van der Waals surface area contributed by atoms with Gasteiger partial charge in [-0.25, -0.2) is 4.79 Å². The van der Waals surface area contributed by atoms with Crippen LogP contribution in [-0.2, 0) is 9.53 Å². The van der Waals surface area contributed by atoms with Crippen LogP contribution in [0.25, 0.3) is 0 Å². The SMILES string of the molecule is CCOC(=O)C(CC)Oc1cc(C)c(N)cc1C. The van der Waals surface area contributed by atoms with E-state index in [0.29, 0.717) is 18.8 Å². The number of ether oxygens (including phenoxy) is 2. The van der Waals surface area contributed by atoms with Gasteiger partial charge in [0.05, 0.1) is 6.61 Å². The van der Waals surface area contributed by atoms with Crippen LogP contribution in [0.5, 0.6) is 5.75 Å². The van der Waals surface area contributed by atoms with Gasteiger partial charge >= 0.3 is 5.97 Å². The van der Waals surface area contributed by atoms with Crippen LogP contribution in [0.2, 0.25) is 0 Å². The van der Waals surface area contributed by atoms with Gasteiger partial charge in [0.15, 0.2) is 6.10 Å². The molecule has 0 bridgehead atoms. The van der Waals surface area contributed by atoms with Crippen LogP contribution in [-0.4, -0.2) is 18.7 Å². The smallest absolute Gasteiger partial charge is 0.347 e. The lowest BCUT2D eigenvalue weighted by Crippen LogP contribution is -2.29. The molecule has 0 amide bonds. The summed E-state index contributed by atoms with van der Waals surface area (Å²) in [5.74, 6) is 0.357. The fourth-order valence-corrected chi connectivity index (χ4v) is 1.63.